The molecule has 0 saturated carbocycles. The molecular weight excluding hydrogens is 439 g/mol. The van der Waals surface area contributed by atoms with Crippen LogP contribution < -0.4 is 10.6 Å². The fourth-order valence-electron chi connectivity index (χ4n) is 3.83. The van der Waals surface area contributed by atoms with Crippen molar-refractivity contribution in [3.05, 3.63) is 64.3 Å². The van der Waals surface area contributed by atoms with E-state index in [0.717, 1.165) is 0 Å². The van der Waals surface area contributed by atoms with Gasteiger partial charge < -0.3 is 15.0 Å². The molecule has 8 nitrogen and oxygen atoms in total. The Balaban J connectivity index is 1.52. The summed E-state index contributed by atoms with van der Waals surface area (Å²) >= 11 is 0. The van der Waals surface area contributed by atoms with Crippen molar-refractivity contribution in [2.24, 2.45) is 0 Å². The molecule has 9 heteroatoms. The second kappa shape index (κ2) is 9.52. The Kier molecular flexibility index (Phi) is 3.63. The van der Waals surface area contributed by atoms with Gasteiger partial charge in [-0.2, -0.15) is 0 Å². The third-order valence-corrected chi connectivity index (χ3v) is 5.58. The molecule has 0 bridgehead atoms. The zero-order valence-electron chi connectivity index (χ0n) is 28.9. The summed E-state index contributed by atoms with van der Waals surface area (Å²) in [5.41, 5.74) is -1.64. The molecule has 1 atom stereocenters. The topological polar surface area (TPSA) is 91.0 Å². The molecule has 0 radical (unpaired) electrons. The van der Waals surface area contributed by atoms with Crippen molar-refractivity contribution in [2.45, 2.75) is 38.4 Å². The molecule has 2 fully saturated rings. The lowest BCUT2D eigenvalue weighted by atomic mass is 10.0. The number of fused-ring (bicyclic) bond motifs is 1. The molecule has 2 saturated heterocycles. The number of nitrogens with one attached hydrogen (secondary N) is 2. The molecule has 3 aliphatic heterocycles. The summed E-state index contributed by atoms with van der Waals surface area (Å²) in [4.78, 5) is 40.6. The number of benzene rings is 2. The van der Waals surface area contributed by atoms with Crippen molar-refractivity contribution in [3.63, 3.8) is 0 Å². The number of morpholine rings is 1. The second-order valence-corrected chi connectivity index (χ2v) is 7.76. The lowest BCUT2D eigenvalue weighted by Gasteiger charge is -2.29. The minimum atomic E-state index is -3.60. The van der Waals surface area contributed by atoms with Crippen LogP contribution in [0, 0.1) is 5.82 Å². The fourth-order valence-corrected chi connectivity index (χ4v) is 3.83. The van der Waals surface area contributed by atoms with Crippen molar-refractivity contribution in [1.29, 1.82) is 0 Å². The zero-order valence-corrected chi connectivity index (χ0v) is 17.9. The summed E-state index contributed by atoms with van der Waals surface area (Å²) in [7, 11) is 0. The molecular formula is C25H27FN4O4. The fraction of sp³-hybridized carbons (Fsp3) is 0.400. The molecule has 0 aromatic heterocycles. The Morgan fingerprint density at radius 1 is 1.24 bits per heavy atom. The summed E-state index contributed by atoms with van der Waals surface area (Å²) in [5, 5.41) is 4.21. The van der Waals surface area contributed by atoms with Crippen LogP contribution in [0.15, 0.2) is 36.3 Å². The number of amides is 3. The molecule has 178 valence electrons. The number of hydrogen-bond acceptors (Lipinski definition) is 6. The van der Waals surface area contributed by atoms with Crippen LogP contribution in [0.5, 0.6) is 0 Å². The average Bonchev–Trinajstić information content (AvgIpc) is 3.34. The number of anilines is 1. The number of hydrogen-bond donors (Lipinski definition) is 2. The number of nitrogens with zero attached hydrogens (tertiary/aromatic N) is 2. The van der Waals surface area contributed by atoms with Gasteiger partial charge in [-0.25, -0.2) is 4.39 Å². The minimum absolute atomic E-state index is 0.00224. The summed E-state index contributed by atoms with van der Waals surface area (Å²) in [5.74, 6) is -5.72. The van der Waals surface area contributed by atoms with Gasteiger partial charge in [-0.3, -0.25) is 24.6 Å². The van der Waals surface area contributed by atoms with E-state index >= 15 is 4.39 Å². The van der Waals surface area contributed by atoms with Crippen molar-refractivity contribution in [2.75, 3.05) is 31.6 Å². The first-order chi connectivity index (χ1) is 20.9. The molecule has 2 aromatic rings. The Labute approximate surface area is 212 Å². The highest BCUT2D eigenvalue weighted by atomic mass is 19.1. The third-order valence-electron chi connectivity index (χ3n) is 5.58. The third kappa shape index (κ3) is 4.53. The molecule has 2 aromatic carbocycles. The van der Waals surface area contributed by atoms with E-state index < -0.39 is 103 Å². The first-order valence-corrected chi connectivity index (χ1v) is 10.5. The van der Waals surface area contributed by atoms with Crippen LogP contribution in [0.25, 0.3) is 0 Å². The highest BCUT2D eigenvalue weighted by molar-refractivity contribution is 6.06. The highest BCUT2D eigenvalue weighted by Crippen LogP contribution is 2.32. The highest BCUT2D eigenvalue weighted by Gasteiger charge is 2.39. The normalized spacial score (nSPS) is 30.7. The monoisotopic (exact) mass is 477 g/mol. The van der Waals surface area contributed by atoms with Crippen LogP contribution in [-0.4, -0.2) is 59.8 Å². The van der Waals surface area contributed by atoms with E-state index in [0.29, 0.717) is 31.2 Å². The number of halogens is 1. The van der Waals surface area contributed by atoms with E-state index in [-0.39, 0.29) is 23.4 Å². The van der Waals surface area contributed by atoms with Crippen molar-refractivity contribution in [3.8, 4) is 0 Å². The van der Waals surface area contributed by atoms with Crippen LogP contribution in [0.4, 0.5) is 10.1 Å². The standard InChI is InChI=1S/C25H27FN4O4/c26-20-12-16(14-29-8-10-34-11-9-29)4-5-17(20)13-27-21-3-1-2-18-19(21)15-30(25(18)33)22-6-7-23(31)28-24(22)32/h1-5,12,22,27H,6-11,13-15H2,(H,28,31,32)/t22-/m0/s1/i1D,2D,3D,4D,5D,6D2,7D2,12D,22D. The van der Waals surface area contributed by atoms with E-state index in [1.807, 2.05) is 4.90 Å². The average molecular weight is 478 g/mol. The molecule has 3 aliphatic rings. The van der Waals surface area contributed by atoms with Gasteiger partial charge in [0.15, 0.2) is 0 Å². The number of imide groups is 1. The Bertz CT molecular complexity index is 1620. The maximum atomic E-state index is 15.5. The Hall–Kier alpha value is -3.30. The minimum Gasteiger partial charge on any atom is -0.381 e. The SMILES string of the molecule is [2H]c1c([2H])c(NCc2c([2H])c([2H])c(CN3CCOCC3)c([2H])c2F)c2c(c1[2H])C(=O)N([C@]1([2H])C(=O)NC(=O)C([2H])([2H])C1([2H])[2H])C2. The van der Waals surface area contributed by atoms with Gasteiger partial charge in [0, 0.05) is 67.0 Å². The predicted octanol–water partition coefficient (Wildman–Crippen LogP) is 2.03. The quantitative estimate of drug-likeness (QED) is 0.619. The van der Waals surface area contributed by atoms with Gasteiger partial charge in [0.25, 0.3) is 5.91 Å². The van der Waals surface area contributed by atoms with E-state index in [1.54, 1.807) is 5.32 Å². The lowest BCUT2D eigenvalue weighted by molar-refractivity contribution is -0.136. The van der Waals surface area contributed by atoms with Crippen LogP contribution >= 0.6 is 0 Å². The smallest absolute Gasteiger partial charge is 0.255 e. The van der Waals surface area contributed by atoms with Gasteiger partial charge in [0.2, 0.25) is 11.8 Å². The van der Waals surface area contributed by atoms with Crippen molar-refractivity contribution >= 4 is 23.4 Å². The van der Waals surface area contributed by atoms with Gasteiger partial charge in [-0.1, -0.05) is 18.1 Å². The van der Waals surface area contributed by atoms with E-state index in [9.17, 15) is 14.4 Å². The molecule has 34 heavy (non-hydrogen) atoms. The summed E-state index contributed by atoms with van der Waals surface area (Å²) in [6, 6.07) is -7.17. The first-order valence-electron chi connectivity index (χ1n) is 16.0. The number of ether oxygens (including phenoxy) is 1. The predicted molar refractivity (Wildman–Crippen MR) is 122 cm³/mol. The molecule has 0 spiro atoms. The summed E-state index contributed by atoms with van der Waals surface area (Å²) in [6.07, 6.45) is -7.04. The van der Waals surface area contributed by atoms with E-state index in [1.165, 1.54) is 0 Å². The summed E-state index contributed by atoms with van der Waals surface area (Å²) < 4.78 is 112. The number of rotatable bonds is 6. The summed E-state index contributed by atoms with van der Waals surface area (Å²) in [6.45, 7) is 0.438. The Morgan fingerprint density at radius 2 is 2.06 bits per heavy atom. The number of carbonyl (C=O) groups excluding carboxylic acids is 3. The van der Waals surface area contributed by atoms with Crippen LogP contribution in [0.3, 0.4) is 0 Å². The largest absolute Gasteiger partial charge is 0.381 e. The molecule has 5 rings (SSSR count). The van der Waals surface area contributed by atoms with Gasteiger partial charge in [0.1, 0.15) is 11.8 Å². The molecule has 3 amide bonds. The maximum absolute atomic E-state index is 15.5. The van der Waals surface area contributed by atoms with Crippen LogP contribution in [0.2, 0.25) is 0 Å². The molecule has 3 heterocycles. The van der Waals surface area contributed by atoms with Gasteiger partial charge in [0.05, 0.1) is 22.8 Å². The molecule has 0 aliphatic carbocycles. The maximum Gasteiger partial charge on any atom is 0.255 e. The van der Waals surface area contributed by atoms with E-state index in [2.05, 4.69) is 5.32 Å². The van der Waals surface area contributed by atoms with Gasteiger partial charge >= 0.3 is 0 Å². The Morgan fingerprint density at radius 3 is 2.88 bits per heavy atom. The lowest BCUT2D eigenvalue weighted by Crippen LogP contribution is -2.52. The van der Waals surface area contributed by atoms with E-state index in [4.69, 9.17) is 19.8 Å². The second-order valence-electron chi connectivity index (χ2n) is 7.76. The number of piperidine rings is 1. The van der Waals surface area contributed by atoms with Crippen molar-refractivity contribution < 1.29 is 38.6 Å². The molecule has 0 unspecified atom stereocenters. The van der Waals surface area contributed by atoms with Crippen LogP contribution in [-0.2, 0) is 34.0 Å². The van der Waals surface area contributed by atoms with Gasteiger partial charge in [-0.05, 0) is 30.1 Å². The van der Waals surface area contributed by atoms with Crippen molar-refractivity contribution in [1.82, 2.24) is 15.1 Å². The van der Waals surface area contributed by atoms with Gasteiger partial charge in [-0.15, -0.1) is 0 Å². The zero-order chi connectivity index (χ0) is 33.4. The first kappa shape index (κ1) is 13.0. The number of carbonyl (C=O) groups is 3. The molecule has 2 N–H and O–H groups in total. The van der Waals surface area contributed by atoms with Crippen LogP contribution in [0.1, 0.15) is 54.9 Å².